The highest BCUT2D eigenvalue weighted by molar-refractivity contribution is 7.99. The fraction of sp³-hybridized carbons (Fsp3) is 0.846. The molecule has 4 nitrogen and oxygen atoms in total. The van der Waals surface area contributed by atoms with Crippen LogP contribution in [0, 0.1) is 0 Å². The third kappa shape index (κ3) is 2.72. The predicted octanol–water partition coefficient (Wildman–Crippen LogP) is 2.71. The monoisotopic (exact) mass is 266 g/mol. The molecule has 0 amide bonds. The Morgan fingerprint density at radius 2 is 2.00 bits per heavy atom. The Bertz CT molecular complexity index is 421. The minimum atomic E-state index is 0.257. The fourth-order valence-corrected chi connectivity index (χ4v) is 3.62. The first-order valence-corrected chi connectivity index (χ1v) is 7.90. The van der Waals surface area contributed by atoms with E-state index >= 15 is 0 Å². The van der Waals surface area contributed by atoms with E-state index in [9.17, 15) is 0 Å². The molecule has 100 valence electrons. The molecule has 0 bridgehead atoms. The van der Waals surface area contributed by atoms with Gasteiger partial charge >= 0.3 is 0 Å². The van der Waals surface area contributed by atoms with Gasteiger partial charge in [-0.2, -0.15) is 0 Å². The molecule has 1 heterocycles. The number of hydrogen-bond donors (Lipinski definition) is 1. The second-order valence-corrected chi connectivity index (χ2v) is 7.26. The Balaban J connectivity index is 1.74. The van der Waals surface area contributed by atoms with Gasteiger partial charge in [0.15, 0.2) is 5.16 Å². The van der Waals surface area contributed by atoms with Crippen molar-refractivity contribution < 1.29 is 0 Å². The Morgan fingerprint density at radius 1 is 1.28 bits per heavy atom. The molecule has 2 atom stereocenters. The molecule has 2 aliphatic carbocycles. The molecule has 0 aliphatic heterocycles. The molecule has 1 aromatic rings. The lowest BCUT2D eigenvalue weighted by Crippen LogP contribution is -2.19. The van der Waals surface area contributed by atoms with E-state index < -0.39 is 0 Å². The molecule has 0 aromatic carbocycles. The van der Waals surface area contributed by atoms with Crippen molar-refractivity contribution in [1.29, 1.82) is 0 Å². The maximum absolute atomic E-state index is 5.86. The van der Waals surface area contributed by atoms with Gasteiger partial charge in [-0.1, -0.05) is 18.7 Å². The lowest BCUT2D eigenvalue weighted by atomic mass is 10.2. The molecule has 2 fully saturated rings. The maximum atomic E-state index is 5.86. The molecule has 18 heavy (non-hydrogen) atoms. The molecule has 2 unspecified atom stereocenters. The fourth-order valence-electron chi connectivity index (χ4n) is 2.42. The molecular weight excluding hydrogens is 244 g/mol. The van der Waals surface area contributed by atoms with Crippen molar-refractivity contribution in [3.05, 3.63) is 5.82 Å². The summed E-state index contributed by atoms with van der Waals surface area (Å²) >= 11 is 1.84. The summed E-state index contributed by atoms with van der Waals surface area (Å²) in [5.41, 5.74) is 5.86. The molecule has 3 rings (SSSR count). The average Bonchev–Trinajstić information content (AvgIpc) is 3.18. The van der Waals surface area contributed by atoms with E-state index in [-0.39, 0.29) is 6.04 Å². The second kappa shape index (κ2) is 4.85. The van der Waals surface area contributed by atoms with E-state index in [0.717, 1.165) is 11.6 Å². The minimum absolute atomic E-state index is 0.257. The van der Waals surface area contributed by atoms with E-state index in [1.54, 1.807) is 0 Å². The highest BCUT2D eigenvalue weighted by Gasteiger charge is 2.36. The summed E-state index contributed by atoms with van der Waals surface area (Å²) in [6, 6.07) is 0.938. The van der Waals surface area contributed by atoms with E-state index in [4.69, 9.17) is 5.73 Å². The standard InChI is InChI=1S/C13H22N4S/c1-8(14)7-9(2)18-13-16-15-12(10-3-4-10)17(13)11-5-6-11/h8-11H,3-7,14H2,1-2H3. The molecule has 1 aromatic heterocycles. The topological polar surface area (TPSA) is 56.7 Å². The smallest absolute Gasteiger partial charge is 0.191 e. The van der Waals surface area contributed by atoms with Gasteiger partial charge in [-0.15, -0.1) is 10.2 Å². The number of hydrogen-bond acceptors (Lipinski definition) is 4. The van der Waals surface area contributed by atoms with Crippen LogP contribution in [0.3, 0.4) is 0 Å². The van der Waals surface area contributed by atoms with Gasteiger partial charge in [-0.3, -0.25) is 0 Å². The van der Waals surface area contributed by atoms with Gasteiger partial charge in [0.25, 0.3) is 0 Å². The SMILES string of the molecule is CC(N)CC(C)Sc1nnc(C2CC2)n1C1CC1. The number of rotatable bonds is 6. The highest BCUT2D eigenvalue weighted by atomic mass is 32.2. The molecule has 2 saturated carbocycles. The van der Waals surface area contributed by atoms with Crippen LogP contribution in [-0.4, -0.2) is 26.1 Å². The second-order valence-electron chi connectivity index (χ2n) is 5.86. The van der Waals surface area contributed by atoms with Gasteiger partial charge in [0.2, 0.25) is 0 Å². The number of aromatic nitrogens is 3. The lowest BCUT2D eigenvalue weighted by molar-refractivity contribution is 0.620. The van der Waals surface area contributed by atoms with Crippen LogP contribution in [0.2, 0.25) is 0 Å². The zero-order valence-corrected chi connectivity index (χ0v) is 12.0. The number of thioether (sulfide) groups is 1. The van der Waals surface area contributed by atoms with Crippen molar-refractivity contribution in [1.82, 2.24) is 14.8 Å². The maximum Gasteiger partial charge on any atom is 0.191 e. The molecule has 0 saturated heterocycles. The summed E-state index contributed by atoms with van der Waals surface area (Å²) in [7, 11) is 0. The van der Waals surface area contributed by atoms with Crippen LogP contribution in [0.1, 0.15) is 63.7 Å². The summed E-state index contributed by atoms with van der Waals surface area (Å²) in [6.45, 7) is 4.30. The van der Waals surface area contributed by atoms with Gasteiger partial charge in [0.1, 0.15) is 5.82 Å². The molecule has 5 heteroatoms. The summed E-state index contributed by atoms with van der Waals surface area (Å²) in [5.74, 6) is 1.93. The van der Waals surface area contributed by atoms with Crippen molar-refractivity contribution in [2.75, 3.05) is 0 Å². The van der Waals surface area contributed by atoms with E-state index in [0.29, 0.717) is 17.2 Å². The summed E-state index contributed by atoms with van der Waals surface area (Å²) in [5, 5.41) is 10.5. The zero-order chi connectivity index (χ0) is 12.7. The first kappa shape index (κ1) is 12.5. The van der Waals surface area contributed by atoms with Crippen molar-refractivity contribution >= 4 is 11.8 Å². The molecular formula is C13H22N4S. The summed E-state index contributed by atoms with van der Waals surface area (Å²) in [6.07, 6.45) is 6.22. The Labute approximate surface area is 113 Å². The molecule has 2 aliphatic rings. The van der Waals surface area contributed by atoms with Gasteiger partial charge in [-0.25, -0.2) is 0 Å². The number of nitrogens with zero attached hydrogens (tertiary/aromatic N) is 3. The van der Waals surface area contributed by atoms with Crippen molar-refractivity contribution in [3.63, 3.8) is 0 Å². The van der Waals surface area contributed by atoms with Crippen LogP contribution in [0.15, 0.2) is 5.16 Å². The normalized spacial score (nSPS) is 23.1. The third-order valence-corrected chi connectivity index (χ3v) is 4.64. The van der Waals surface area contributed by atoms with Crippen LogP contribution in [0.5, 0.6) is 0 Å². The first-order chi connectivity index (χ1) is 8.65. The lowest BCUT2D eigenvalue weighted by Gasteiger charge is -2.14. The quantitative estimate of drug-likeness (QED) is 0.804. The Kier molecular flexibility index (Phi) is 3.36. The van der Waals surface area contributed by atoms with E-state index in [2.05, 4.69) is 28.6 Å². The molecule has 0 spiro atoms. The Hall–Kier alpha value is -0.550. The van der Waals surface area contributed by atoms with Crippen molar-refractivity contribution in [3.8, 4) is 0 Å². The summed E-state index contributed by atoms with van der Waals surface area (Å²) < 4.78 is 2.42. The van der Waals surface area contributed by atoms with Crippen LogP contribution in [0.4, 0.5) is 0 Å². The largest absolute Gasteiger partial charge is 0.328 e. The van der Waals surface area contributed by atoms with Gasteiger partial charge in [-0.05, 0) is 39.0 Å². The van der Waals surface area contributed by atoms with E-state index in [1.807, 2.05) is 11.8 Å². The van der Waals surface area contributed by atoms with Crippen molar-refractivity contribution in [2.45, 2.75) is 74.4 Å². The molecule has 2 N–H and O–H groups in total. The highest BCUT2D eigenvalue weighted by Crippen LogP contribution is 2.46. The summed E-state index contributed by atoms with van der Waals surface area (Å²) in [4.78, 5) is 0. The first-order valence-electron chi connectivity index (χ1n) is 7.02. The number of nitrogens with two attached hydrogens (primary N) is 1. The zero-order valence-electron chi connectivity index (χ0n) is 11.2. The third-order valence-electron chi connectivity index (χ3n) is 3.56. The van der Waals surface area contributed by atoms with E-state index in [1.165, 1.54) is 31.5 Å². The predicted molar refractivity (Wildman–Crippen MR) is 73.9 cm³/mol. The Morgan fingerprint density at radius 3 is 2.56 bits per heavy atom. The van der Waals surface area contributed by atoms with Crippen LogP contribution >= 0.6 is 11.8 Å². The van der Waals surface area contributed by atoms with Crippen LogP contribution < -0.4 is 5.73 Å². The van der Waals surface area contributed by atoms with Gasteiger partial charge < -0.3 is 10.3 Å². The van der Waals surface area contributed by atoms with Crippen molar-refractivity contribution in [2.24, 2.45) is 5.73 Å². The van der Waals surface area contributed by atoms with Gasteiger partial charge in [0.05, 0.1) is 0 Å². The minimum Gasteiger partial charge on any atom is -0.328 e. The van der Waals surface area contributed by atoms with Gasteiger partial charge in [0, 0.05) is 23.3 Å². The molecule has 0 radical (unpaired) electrons. The van der Waals surface area contributed by atoms with Crippen LogP contribution in [-0.2, 0) is 0 Å². The van der Waals surface area contributed by atoms with Crippen LogP contribution in [0.25, 0.3) is 0 Å². The average molecular weight is 266 g/mol.